The maximum atomic E-state index is 10.9. The van der Waals surface area contributed by atoms with Crippen molar-refractivity contribution in [2.24, 2.45) is 5.73 Å². The van der Waals surface area contributed by atoms with E-state index in [4.69, 9.17) is 10.2 Å². The van der Waals surface area contributed by atoms with Crippen molar-refractivity contribution in [3.05, 3.63) is 29.8 Å². The van der Waals surface area contributed by atoms with E-state index in [0.29, 0.717) is 16.7 Å². The lowest BCUT2D eigenvalue weighted by molar-refractivity contribution is 0.100. The SMILES string of the molecule is CSc1nnc(-c2ccc(C(N)=O)cc2)o1. The number of primary amides is 1. The van der Waals surface area contributed by atoms with Crippen LogP contribution >= 0.6 is 11.8 Å². The first-order valence-corrected chi connectivity index (χ1v) is 5.71. The number of hydrogen-bond donors (Lipinski definition) is 1. The highest BCUT2D eigenvalue weighted by Gasteiger charge is 2.08. The number of carbonyl (C=O) groups is 1. The average Bonchev–Trinajstić information content (AvgIpc) is 2.77. The highest BCUT2D eigenvalue weighted by molar-refractivity contribution is 7.98. The molecule has 82 valence electrons. The van der Waals surface area contributed by atoms with Crippen molar-refractivity contribution in [2.75, 3.05) is 6.26 Å². The van der Waals surface area contributed by atoms with Gasteiger partial charge in [0.2, 0.25) is 11.8 Å². The first-order chi connectivity index (χ1) is 7.70. The Morgan fingerprint density at radius 2 is 2.00 bits per heavy atom. The summed E-state index contributed by atoms with van der Waals surface area (Å²) in [6, 6.07) is 6.69. The monoisotopic (exact) mass is 235 g/mol. The second-order valence-electron chi connectivity index (χ2n) is 3.02. The van der Waals surface area contributed by atoms with Crippen molar-refractivity contribution in [3.8, 4) is 11.5 Å². The van der Waals surface area contributed by atoms with Gasteiger partial charge in [-0.05, 0) is 30.5 Å². The van der Waals surface area contributed by atoms with Crippen molar-refractivity contribution in [2.45, 2.75) is 5.22 Å². The fourth-order valence-electron chi connectivity index (χ4n) is 1.19. The van der Waals surface area contributed by atoms with E-state index in [9.17, 15) is 4.79 Å². The Morgan fingerprint density at radius 1 is 1.31 bits per heavy atom. The van der Waals surface area contributed by atoms with E-state index in [-0.39, 0.29) is 0 Å². The molecule has 0 saturated carbocycles. The average molecular weight is 235 g/mol. The molecule has 2 aromatic rings. The van der Waals surface area contributed by atoms with Gasteiger partial charge in [0.05, 0.1) is 0 Å². The molecular formula is C10H9N3O2S. The van der Waals surface area contributed by atoms with Gasteiger partial charge in [-0.15, -0.1) is 10.2 Å². The van der Waals surface area contributed by atoms with Crippen LogP contribution < -0.4 is 5.73 Å². The predicted octanol–water partition coefficient (Wildman–Crippen LogP) is 1.56. The maximum Gasteiger partial charge on any atom is 0.276 e. The van der Waals surface area contributed by atoms with Crippen LogP contribution in [0.4, 0.5) is 0 Å². The molecule has 1 aromatic heterocycles. The van der Waals surface area contributed by atoms with E-state index in [1.165, 1.54) is 11.8 Å². The summed E-state index contributed by atoms with van der Waals surface area (Å²) in [5.41, 5.74) is 6.35. The number of hydrogen-bond acceptors (Lipinski definition) is 5. The molecule has 1 heterocycles. The van der Waals surface area contributed by atoms with Gasteiger partial charge in [-0.1, -0.05) is 11.8 Å². The maximum absolute atomic E-state index is 10.9. The number of thioether (sulfide) groups is 1. The molecule has 0 spiro atoms. The summed E-state index contributed by atoms with van der Waals surface area (Å²) in [5.74, 6) is -0.0257. The molecule has 0 saturated heterocycles. The standard InChI is InChI=1S/C10H9N3O2S/c1-16-10-13-12-9(15-10)7-4-2-6(3-5-7)8(11)14/h2-5H,1H3,(H2,11,14). The van der Waals surface area contributed by atoms with E-state index in [0.717, 1.165) is 5.56 Å². The lowest BCUT2D eigenvalue weighted by atomic mass is 10.1. The molecule has 0 aliphatic heterocycles. The van der Waals surface area contributed by atoms with Crippen molar-refractivity contribution < 1.29 is 9.21 Å². The zero-order valence-electron chi connectivity index (χ0n) is 8.51. The van der Waals surface area contributed by atoms with Gasteiger partial charge in [0, 0.05) is 11.1 Å². The zero-order valence-corrected chi connectivity index (χ0v) is 9.32. The van der Waals surface area contributed by atoms with E-state index >= 15 is 0 Å². The van der Waals surface area contributed by atoms with Gasteiger partial charge >= 0.3 is 0 Å². The normalized spacial score (nSPS) is 10.3. The Kier molecular flexibility index (Phi) is 2.91. The third-order valence-electron chi connectivity index (χ3n) is 2.00. The number of nitrogens with two attached hydrogens (primary N) is 1. The summed E-state index contributed by atoms with van der Waals surface area (Å²) in [6.07, 6.45) is 1.85. The lowest BCUT2D eigenvalue weighted by Gasteiger charge is -1.96. The molecule has 0 bridgehead atoms. The topological polar surface area (TPSA) is 82.0 Å². The first-order valence-electron chi connectivity index (χ1n) is 4.48. The number of carbonyl (C=O) groups excluding carboxylic acids is 1. The summed E-state index contributed by atoms with van der Waals surface area (Å²) in [4.78, 5) is 10.9. The molecule has 0 aliphatic rings. The molecule has 0 unspecified atom stereocenters. The molecule has 0 aliphatic carbocycles. The van der Waals surface area contributed by atoms with E-state index in [1.807, 2.05) is 6.26 Å². The van der Waals surface area contributed by atoms with Crippen LogP contribution in [-0.2, 0) is 0 Å². The molecule has 1 aromatic carbocycles. The molecule has 0 fully saturated rings. The number of aromatic nitrogens is 2. The van der Waals surface area contributed by atoms with Crippen LogP contribution in [0.1, 0.15) is 10.4 Å². The molecule has 2 N–H and O–H groups in total. The minimum absolute atomic E-state index is 0.431. The van der Waals surface area contributed by atoms with Crippen molar-refractivity contribution >= 4 is 17.7 Å². The van der Waals surface area contributed by atoms with Crippen LogP contribution in [0, 0.1) is 0 Å². The Morgan fingerprint density at radius 3 is 2.50 bits per heavy atom. The summed E-state index contributed by atoms with van der Waals surface area (Å²) in [6.45, 7) is 0. The minimum Gasteiger partial charge on any atom is -0.411 e. The molecular weight excluding hydrogens is 226 g/mol. The van der Waals surface area contributed by atoms with Gasteiger partial charge in [-0.2, -0.15) is 0 Å². The largest absolute Gasteiger partial charge is 0.411 e. The van der Waals surface area contributed by atoms with Gasteiger partial charge in [0.25, 0.3) is 5.22 Å². The van der Waals surface area contributed by atoms with Gasteiger partial charge in [-0.25, -0.2) is 0 Å². The third-order valence-corrected chi connectivity index (χ3v) is 2.51. The van der Waals surface area contributed by atoms with Gasteiger partial charge in [0.15, 0.2) is 0 Å². The number of benzene rings is 1. The van der Waals surface area contributed by atoms with Crippen molar-refractivity contribution in [1.29, 1.82) is 0 Å². The van der Waals surface area contributed by atoms with Crippen LogP contribution in [0.15, 0.2) is 33.9 Å². The number of amides is 1. The Labute approximate surface area is 96.0 Å². The van der Waals surface area contributed by atoms with Crippen molar-refractivity contribution in [3.63, 3.8) is 0 Å². The molecule has 5 nitrogen and oxygen atoms in total. The molecule has 6 heteroatoms. The lowest BCUT2D eigenvalue weighted by Crippen LogP contribution is -2.10. The van der Waals surface area contributed by atoms with Crippen LogP contribution in [0.3, 0.4) is 0 Å². The third kappa shape index (κ3) is 2.06. The minimum atomic E-state index is -0.457. The van der Waals surface area contributed by atoms with Crippen LogP contribution in [0.5, 0.6) is 0 Å². The molecule has 1 amide bonds. The van der Waals surface area contributed by atoms with Crippen LogP contribution in [0.2, 0.25) is 0 Å². The van der Waals surface area contributed by atoms with E-state index < -0.39 is 5.91 Å². The number of rotatable bonds is 3. The quantitative estimate of drug-likeness (QED) is 0.816. The zero-order chi connectivity index (χ0) is 11.5. The Balaban J connectivity index is 2.30. The molecule has 16 heavy (non-hydrogen) atoms. The summed E-state index contributed by atoms with van der Waals surface area (Å²) in [5, 5.41) is 8.21. The highest BCUT2D eigenvalue weighted by Crippen LogP contribution is 2.21. The van der Waals surface area contributed by atoms with E-state index in [2.05, 4.69) is 10.2 Å². The second-order valence-corrected chi connectivity index (χ2v) is 3.78. The predicted molar refractivity (Wildman–Crippen MR) is 60.0 cm³/mol. The summed E-state index contributed by atoms with van der Waals surface area (Å²) >= 11 is 1.38. The Hall–Kier alpha value is -1.82. The van der Waals surface area contributed by atoms with Crippen LogP contribution in [0.25, 0.3) is 11.5 Å². The smallest absolute Gasteiger partial charge is 0.276 e. The first kappa shape index (κ1) is 10.7. The Bertz CT molecular complexity index is 507. The number of nitrogens with zero attached hydrogens (tertiary/aromatic N) is 2. The molecule has 0 radical (unpaired) electrons. The van der Waals surface area contributed by atoms with Gasteiger partial charge in [0.1, 0.15) is 0 Å². The van der Waals surface area contributed by atoms with Gasteiger partial charge in [-0.3, -0.25) is 4.79 Å². The van der Waals surface area contributed by atoms with Gasteiger partial charge < -0.3 is 10.2 Å². The fraction of sp³-hybridized carbons (Fsp3) is 0.100. The van der Waals surface area contributed by atoms with E-state index in [1.54, 1.807) is 24.3 Å². The van der Waals surface area contributed by atoms with Crippen LogP contribution in [-0.4, -0.2) is 22.4 Å². The molecule has 2 rings (SSSR count). The highest BCUT2D eigenvalue weighted by atomic mass is 32.2. The summed E-state index contributed by atoms with van der Waals surface area (Å²) < 4.78 is 5.34. The second kappa shape index (κ2) is 4.36. The fourth-order valence-corrected chi connectivity index (χ4v) is 1.47. The molecule has 0 atom stereocenters. The van der Waals surface area contributed by atoms with Crippen molar-refractivity contribution in [1.82, 2.24) is 10.2 Å². The summed E-state index contributed by atoms with van der Waals surface area (Å²) in [7, 11) is 0.